The summed E-state index contributed by atoms with van der Waals surface area (Å²) in [6, 6.07) is 26.0. The third kappa shape index (κ3) is 6.27. The third-order valence-corrected chi connectivity index (χ3v) is 5.97. The van der Waals surface area contributed by atoms with Gasteiger partial charge in [-0.25, -0.2) is 0 Å². The first-order valence-corrected chi connectivity index (χ1v) is 11.5. The first kappa shape index (κ1) is 21.4. The molecule has 0 radical (unpaired) electrons. The van der Waals surface area contributed by atoms with Crippen molar-refractivity contribution in [3.05, 3.63) is 83.9 Å². The lowest BCUT2D eigenvalue weighted by molar-refractivity contribution is 0.113. The van der Waals surface area contributed by atoms with Gasteiger partial charge in [0.15, 0.2) is 0 Å². The molecular formula is C28H30O4. The Morgan fingerprint density at radius 2 is 0.844 bits per heavy atom. The third-order valence-electron chi connectivity index (χ3n) is 5.97. The summed E-state index contributed by atoms with van der Waals surface area (Å²) in [5.74, 6) is 0. The molecule has 3 aromatic carbocycles. The van der Waals surface area contributed by atoms with Crippen molar-refractivity contribution >= 4 is 0 Å². The Hall–Kier alpha value is -2.50. The van der Waals surface area contributed by atoms with E-state index in [1.807, 2.05) is 0 Å². The molecule has 0 spiro atoms. The minimum Gasteiger partial charge on any atom is -0.377 e. The smallest absolute Gasteiger partial charge is 0.0831 e. The highest BCUT2D eigenvalue weighted by Gasteiger charge is 2.22. The van der Waals surface area contributed by atoms with Gasteiger partial charge in [-0.15, -0.1) is 0 Å². The molecule has 4 heteroatoms. The fourth-order valence-electron chi connectivity index (χ4n) is 3.72. The molecule has 32 heavy (non-hydrogen) atoms. The van der Waals surface area contributed by atoms with Crippen molar-refractivity contribution in [3.63, 3.8) is 0 Å². The fraction of sp³-hybridized carbons (Fsp3) is 0.357. The quantitative estimate of drug-likeness (QED) is 0.276. The second-order valence-corrected chi connectivity index (χ2v) is 8.56. The van der Waals surface area contributed by atoms with Crippen LogP contribution in [0.5, 0.6) is 0 Å². The molecule has 2 unspecified atom stereocenters. The van der Waals surface area contributed by atoms with Crippen molar-refractivity contribution in [2.75, 3.05) is 26.4 Å². The summed E-state index contributed by atoms with van der Waals surface area (Å²) < 4.78 is 21.9. The maximum atomic E-state index is 5.74. The maximum Gasteiger partial charge on any atom is 0.0831 e. The molecule has 0 bridgehead atoms. The molecule has 4 nitrogen and oxygen atoms in total. The first-order chi connectivity index (χ1) is 15.8. The molecule has 0 aliphatic carbocycles. The van der Waals surface area contributed by atoms with Crippen LogP contribution in [0, 0.1) is 0 Å². The van der Waals surface area contributed by atoms with Gasteiger partial charge in [0.1, 0.15) is 0 Å². The normalized spacial score (nSPS) is 19.1. The van der Waals surface area contributed by atoms with Crippen LogP contribution in [0.15, 0.2) is 72.8 Å². The van der Waals surface area contributed by atoms with Crippen LogP contribution in [0.4, 0.5) is 0 Å². The van der Waals surface area contributed by atoms with E-state index >= 15 is 0 Å². The SMILES string of the molecule is c1cc(-c2ccc(-c3ccc(COCCC4CO4)cc3)cc2)ccc1COCCC1CO1. The molecule has 2 atom stereocenters. The second kappa shape index (κ2) is 10.4. The highest BCUT2D eigenvalue weighted by molar-refractivity contribution is 5.70. The second-order valence-electron chi connectivity index (χ2n) is 8.56. The van der Waals surface area contributed by atoms with Gasteiger partial charge in [0.05, 0.1) is 38.6 Å². The summed E-state index contributed by atoms with van der Waals surface area (Å²) in [5.41, 5.74) is 7.28. The predicted octanol–water partition coefficient (Wildman–Crippen LogP) is 5.63. The summed E-state index contributed by atoms with van der Waals surface area (Å²) in [7, 11) is 0. The number of ether oxygens (including phenoxy) is 4. The zero-order valence-electron chi connectivity index (χ0n) is 18.4. The number of benzene rings is 3. The van der Waals surface area contributed by atoms with Crippen molar-refractivity contribution in [1.29, 1.82) is 0 Å². The topological polar surface area (TPSA) is 43.5 Å². The van der Waals surface area contributed by atoms with Gasteiger partial charge in [-0.2, -0.15) is 0 Å². The summed E-state index contributed by atoms with van der Waals surface area (Å²) in [6.45, 7) is 4.63. The Kier molecular flexibility index (Phi) is 6.95. The van der Waals surface area contributed by atoms with Crippen LogP contribution in [0.3, 0.4) is 0 Å². The van der Waals surface area contributed by atoms with Gasteiger partial charge in [-0.3, -0.25) is 0 Å². The van der Waals surface area contributed by atoms with E-state index in [1.54, 1.807) is 0 Å². The molecule has 2 saturated heterocycles. The summed E-state index contributed by atoms with van der Waals surface area (Å²) in [6.07, 6.45) is 2.86. The van der Waals surface area contributed by atoms with Crippen molar-refractivity contribution in [1.82, 2.24) is 0 Å². The monoisotopic (exact) mass is 430 g/mol. The van der Waals surface area contributed by atoms with Gasteiger partial charge in [0.2, 0.25) is 0 Å². The van der Waals surface area contributed by atoms with E-state index in [9.17, 15) is 0 Å². The molecule has 2 heterocycles. The van der Waals surface area contributed by atoms with Gasteiger partial charge in [-0.05, 0) is 46.2 Å². The lowest BCUT2D eigenvalue weighted by atomic mass is 9.99. The summed E-state index contributed by atoms with van der Waals surface area (Å²) in [5, 5.41) is 0. The Labute approximate surface area is 190 Å². The number of epoxide rings is 2. The van der Waals surface area contributed by atoms with E-state index in [1.165, 1.54) is 33.4 Å². The molecule has 2 fully saturated rings. The minimum atomic E-state index is 0.435. The van der Waals surface area contributed by atoms with Crippen molar-refractivity contribution in [3.8, 4) is 22.3 Å². The van der Waals surface area contributed by atoms with E-state index in [2.05, 4.69) is 72.8 Å². The number of rotatable bonds is 12. The highest BCUT2D eigenvalue weighted by Crippen LogP contribution is 2.26. The molecule has 3 aromatic rings. The molecule has 2 aliphatic rings. The Morgan fingerprint density at radius 1 is 0.531 bits per heavy atom. The molecule has 5 rings (SSSR count). The van der Waals surface area contributed by atoms with Gasteiger partial charge in [-0.1, -0.05) is 72.8 Å². The van der Waals surface area contributed by atoms with Gasteiger partial charge >= 0.3 is 0 Å². The van der Waals surface area contributed by atoms with Crippen LogP contribution in [-0.4, -0.2) is 38.6 Å². The van der Waals surface area contributed by atoms with Gasteiger partial charge in [0.25, 0.3) is 0 Å². The molecule has 166 valence electrons. The largest absolute Gasteiger partial charge is 0.377 e. The zero-order chi connectivity index (χ0) is 21.6. The van der Waals surface area contributed by atoms with Crippen molar-refractivity contribution in [2.24, 2.45) is 0 Å². The molecule has 0 saturated carbocycles. The number of hydrogen-bond acceptors (Lipinski definition) is 4. The fourth-order valence-corrected chi connectivity index (χ4v) is 3.72. The lowest BCUT2D eigenvalue weighted by Gasteiger charge is -2.08. The van der Waals surface area contributed by atoms with Crippen molar-refractivity contribution in [2.45, 2.75) is 38.3 Å². The van der Waals surface area contributed by atoms with Crippen LogP contribution in [0.2, 0.25) is 0 Å². The standard InChI is InChI=1S/C28H30O4/c1-5-23(6-2-21(1)17-29-15-13-27-19-31-27)25-9-11-26(12-10-25)24-7-3-22(4-8-24)18-30-16-14-28-20-32-28/h1-12,27-28H,13-20H2. The average molecular weight is 431 g/mol. The van der Waals surface area contributed by atoms with Crippen LogP contribution in [0.1, 0.15) is 24.0 Å². The maximum absolute atomic E-state index is 5.74. The zero-order valence-corrected chi connectivity index (χ0v) is 18.4. The predicted molar refractivity (Wildman–Crippen MR) is 125 cm³/mol. The molecule has 0 aromatic heterocycles. The van der Waals surface area contributed by atoms with Gasteiger partial charge in [0, 0.05) is 13.2 Å². The number of hydrogen-bond donors (Lipinski definition) is 0. The Bertz CT molecular complexity index is 889. The molecule has 0 amide bonds. The lowest BCUT2D eigenvalue weighted by Crippen LogP contribution is -1.98. The van der Waals surface area contributed by atoms with Crippen LogP contribution >= 0.6 is 0 Å². The van der Waals surface area contributed by atoms with E-state index < -0.39 is 0 Å². The minimum absolute atomic E-state index is 0.435. The van der Waals surface area contributed by atoms with E-state index in [0.29, 0.717) is 25.4 Å². The molecule has 0 N–H and O–H groups in total. The van der Waals surface area contributed by atoms with E-state index in [0.717, 1.165) is 39.3 Å². The van der Waals surface area contributed by atoms with E-state index in [-0.39, 0.29) is 0 Å². The molecular weight excluding hydrogens is 400 g/mol. The van der Waals surface area contributed by atoms with Gasteiger partial charge < -0.3 is 18.9 Å². The molecule has 2 aliphatic heterocycles. The van der Waals surface area contributed by atoms with Crippen LogP contribution in [0.25, 0.3) is 22.3 Å². The summed E-state index contributed by atoms with van der Waals surface area (Å²) in [4.78, 5) is 0. The highest BCUT2D eigenvalue weighted by atomic mass is 16.6. The van der Waals surface area contributed by atoms with Crippen LogP contribution in [-0.2, 0) is 32.2 Å². The average Bonchev–Trinajstić information content (AvgIpc) is 3.76. The first-order valence-electron chi connectivity index (χ1n) is 11.5. The Balaban J connectivity index is 1.12. The van der Waals surface area contributed by atoms with Crippen molar-refractivity contribution < 1.29 is 18.9 Å². The Morgan fingerprint density at radius 3 is 1.16 bits per heavy atom. The summed E-state index contributed by atoms with van der Waals surface area (Å²) >= 11 is 0. The van der Waals surface area contributed by atoms with Crippen LogP contribution < -0.4 is 0 Å². The van der Waals surface area contributed by atoms with E-state index in [4.69, 9.17) is 18.9 Å².